The lowest BCUT2D eigenvalue weighted by atomic mass is 10.1. The highest BCUT2D eigenvalue weighted by Gasteiger charge is 2.57. The summed E-state index contributed by atoms with van der Waals surface area (Å²) in [5.74, 6) is -1.46. The summed E-state index contributed by atoms with van der Waals surface area (Å²) in [7, 11) is 0. The average Bonchev–Trinajstić information content (AvgIpc) is 3.20. The van der Waals surface area contributed by atoms with E-state index in [4.69, 9.17) is 5.11 Å². The number of anilines is 1. The molecule has 0 heterocycles. The number of hydrogen-bond acceptors (Lipinski definition) is 2. The van der Waals surface area contributed by atoms with E-state index in [0.717, 1.165) is 10.8 Å². The second kappa shape index (κ2) is 4.09. The quantitative estimate of drug-likeness (QED) is 0.828. The van der Waals surface area contributed by atoms with Crippen LogP contribution in [0.3, 0.4) is 0 Å². The molecule has 2 aromatic carbocycles. The van der Waals surface area contributed by atoms with Crippen molar-refractivity contribution < 1.29 is 14.7 Å². The van der Waals surface area contributed by atoms with E-state index in [1.807, 2.05) is 36.4 Å². The molecule has 0 atom stereocenters. The van der Waals surface area contributed by atoms with Gasteiger partial charge in [-0.2, -0.15) is 0 Å². The molecule has 19 heavy (non-hydrogen) atoms. The van der Waals surface area contributed by atoms with Crippen LogP contribution in [0.4, 0.5) is 5.69 Å². The number of fused-ring (bicyclic) bond motifs is 1. The molecule has 4 heteroatoms. The predicted octanol–water partition coefficient (Wildman–Crippen LogP) is 2.64. The van der Waals surface area contributed by atoms with Crippen molar-refractivity contribution in [3.8, 4) is 0 Å². The van der Waals surface area contributed by atoms with E-state index in [2.05, 4.69) is 5.32 Å². The van der Waals surface area contributed by atoms with Crippen LogP contribution in [0.2, 0.25) is 0 Å². The normalized spacial score (nSPS) is 16.0. The summed E-state index contributed by atoms with van der Waals surface area (Å²) in [5.41, 5.74) is -0.567. The largest absolute Gasteiger partial charge is 0.480 e. The summed E-state index contributed by atoms with van der Waals surface area (Å²) in [5, 5.41) is 13.9. The summed E-state index contributed by atoms with van der Waals surface area (Å²) >= 11 is 0. The molecule has 1 aliphatic carbocycles. The van der Waals surface area contributed by atoms with Gasteiger partial charge in [0.2, 0.25) is 5.91 Å². The molecule has 0 spiro atoms. The molecule has 4 nitrogen and oxygen atoms in total. The van der Waals surface area contributed by atoms with Gasteiger partial charge in [0.1, 0.15) is 5.41 Å². The number of carboxylic acids is 1. The molecular weight excluding hydrogens is 242 g/mol. The molecule has 0 bridgehead atoms. The van der Waals surface area contributed by atoms with Crippen molar-refractivity contribution in [1.82, 2.24) is 0 Å². The lowest BCUT2D eigenvalue weighted by molar-refractivity contribution is -0.147. The molecule has 1 fully saturated rings. The third-order valence-electron chi connectivity index (χ3n) is 3.60. The number of carbonyl (C=O) groups excluding carboxylic acids is 1. The van der Waals surface area contributed by atoms with Crippen LogP contribution in [0.25, 0.3) is 10.8 Å². The molecule has 0 aromatic heterocycles. The molecule has 1 amide bonds. The van der Waals surface area contributed by atoms with Crippen molar-refractivity contribution in [2.45, 2.75) is 12.8 Å². The number of carboxylic acid groups (broad SMARTS) is 1. The van der Waals surface area contributed by atoms with E-state index < -0.39 is 17.3 Å². The Kier molecular flexibility index (Phi) is 2.52. The zero-order valence-corrected chi connectivity index (χ0v) is 10.2. The maximum absolute atomic E-state index is 12.0. The number of aliphatic carboxylic acids is 1. The third-order valence-corrected chi connectivity index (χ3v) is 3.60. The molecule has 0 radical (unpaired) electrons. The fraction of sp³-hybridized carbons (Fsp3) is 0.200. The first-order valence-corrected chi connectivity index (χ1v) is 6.15. The van der Waals surface area contributed by atoms with E-state index in [9.17, 15) is 9.59 Å². The fourth-order valence-electron chi connectivity index (χ4n) is 2.18. The summed E-state index contributed by atoms with van der Waals surface area (Å²) < 4.78 is 0. The van der Waals surface area contributed by atoms with Crippen molar-refractivity contribution in [2.24, 2.45) is 5.41 Å². The van der Waals surface area contributed by atoms with Gasteiger partial charge in [-0.05, 0) is 35.7 Å². The minimum Gasteiger partial charge on any atom is -0.480 e. The van der Waals surface area contributed by atoms with Crippen LogP contribution in [0.1, 0.15) is 12.8 Å². The smallest absolute Gasteiger partial charge is 0.319 e. The Labute approximate surface area is 110 Å². The molecular formula is C15H13NO3. The SMILES string of the molecule is O=C(O)C1(C(=O)Nc2ccc3ccccc3c2)CC1. The van der Waals surface area contributed by atoms with E-state index in [1.165, 1.54) is 0 Å². The van der Waals surface area contributed by atoms with Gasteiger partial charge in [-0.25, -0.2) is 0 Å². The summed E-state index contributed by atoms with van der Waals surface area (Å²) in [4.78, 5) is 23.0. The maximum Gasteiger partial charge on any atom is 0.319 e. The van der Waals surface area contributed by atoms with E-state index >= 15 is 0 Å². The second-order valence-electron chi connectivity index (χ2n) is 4.90. The number of rotatable bonds is 3. The lowest BCUT2D eigenvalue weighted by Gasteiger charge is -2.11. The molecule has 2 aromatic rings. The number of amides is 1. The van der Waals surface area contributed by atoms with Gasteiger partial charge in [0, 0.05) is 5.69 Å². The van der Waals surface area contributed by atoms with Crippen LogP contribution in [0.15, 0.2) is 42.5 Å². The highest BCUT2D eigenvalue weighted by molar-refractivity contribution is 6.11. The Hall–Kier alpha value is -2.36. The number of benzene rings is 2. The van der Waals surface area contributed by atoms with Gasteiger partial charge < -0.3 is 10.4 Å². The van der Waals surface area contributed by atoms with Crippen LogP contribution in [-0.4, -0.2) is 17.0 Å². The standard InChI is InChI=1S/C15H13NO3/c17-13(15(7-8-15)14(18)19)16-12-6-5-10-3-1-2-4-11(10)9-12/h1-6,9H,7-8H2,(H,16,17)(H,18,19). The molecule has 96 valence electrons. The van der Waals surface area contributed by atoms with Crippen LogP contribution in [-0.2, 0) is 9.59 Å². The van der Waals surface area contributed by atoms with E-state index in [-0.39, 0.29) is 0 Å². The molecule has 3 rings (SSSR count). The van der Waals surface area contributed by atoms with Crippen molar-refractivity contribution >= 4 is 28.3 Å². The fourth-order valence-corrected chi connectivity index (χ4v) is 2.18. The Morgan fingerprint density at radius 1 is 1.05 bits per heavy atom. The van der Waals surface area contributed by atoms with Gasteiger partial charge in [0.15, 0.2) is 0 Å². The van der Waals surface area contributed by atoms with Gasteiger partial charge in [-0.15, -0.1) is 0 Å². The third kappa shape index (κ3) is 1.95. The molecule has 1 saturated carbocycles. The van der Waals surface area contributed by atoms with Gasteiger partial charge >= 0.3 is 5.97 Å². The summed E-state index contributed by atoms with van der Waals surface area (Å²) in [6.45, 7) is 0. The highest BCUT2D eigenvalue weighted by atomic mass is 16.4. The Balaban J connectivity index is 1.86. The van der Waals surface area contributed by atoms with Crippen LogP contribution < -0.4 is 5.32 Å². The van der Waals surface area contributed by atoms with Gasteiger partial charge in [0.05, 0.1) is 0 Å². The second-order valence-corrected chi connectivity index (χ2v) is 4.90. The van der Waals surface area contributed by atoms with Gasteiger partial charge in [-0.1, -0.05) is 30.3 Å². The maximum atomic E-state index is 12.0. The highest BCUT2D eigenvalue weighted by Crippen LogP contribution is 2.46. The number of nitrogens with one attached hydrogen (secondary N) is 1. The molecule has 0 aliphatic heterocycles. The van der Waals surface area contributed by atoms with Gasteiger partial charge in [-0.3, -0.25) is 9.59 Å². The molecule has 0 unspecified atom stereocenters. The first kappa shape index (κ1) is 11.7. The Morgan fingerprint density at radius 2 is 1.74 bits per heavy atom. The van der Waals surface area contributed by atoms with Crippen LogP contribution in [0.5, 0.6) is 0 Å². The minimum absolute atomic E-state index is 0.418. The molecule has 1 aliphatic rings. The first-order chi connectivity index (χ1) is 9.12. The van der Waals surface area contributed by atoms with Crippen molar-refractivity contribution in [3.63, 3.8) is 0 Å². The average molecular weight is 255 g/mol. The van der Waals surface area contributed by atoms with Crippen LogP contribution >= 0.6 is 0 Å². The first-order valence-electron chi connectivity index (χ1n) is 6.15. The predicted molar refractivity (Wildman–Crippen MR) is 71.9 cm³/mol. The topological polar surface area (TPSA) is 66.4 Å². The van der Waals surface area contributed by atoms with Crippen molar-refractivity contribution in [1.29, 1.82) is 0 Å². The summed E-state index contributed by atoms with van der Waals surface area (Å²) in [6, 6.07) is 13.4. The monoisotopic (exact) mass is 255 g/mol. The van der Waals surface area contributed by atoms with E-state index in [0.29, 0.717) is 18.5 Å². The Morgan fingerprint density at radius 3 is 2.37 bits per heavy atom. The van der Waals surface area contributed by atoms with Gasteiger partial charge in [0.25, 0.3) is 0 Å². The zero-order valence-electron chi connectivity index (χ0n) is 10.2. The number of hydrogen-bond donors (Lipinski definition) is 2. The lowest BCUT2D eigenvalue weighted by Crippen LogP contribution is -2.31. The molecule has 0 saturated heterocycles. The summed E-state index contributed by atoms with van der Waals surface area (Å²) in [6.07, 6.45) is 0.837. The zero-order chi connectivity index (χ0) is 13.5. The van der Waals surface area contributed by atoms with Crippen LogP contribution in [0, 0.1) is 5.41 Å². The van der Waals surface area contributed by atoms with Crippen molar-refractivity contribution in [2.75, 3.05) is 5.32 Å². The molecule has 2 N–H and O–H groups in total. The number of carbonyl (C=O) groups is 2. The van der Waals surface area contributed by atoms with E-state index in [1.54, 1.807) is 6.07 Å². The Bertz CT molecular complexity index is 674. The van der Waals surface area contributed by atoms with Crippen molar-refractivity contribution in [3.05, 3.63) is 42.5 Å². The minimum atomic E-state index is -1.20.